The molecule has 0 unspecified atom stereocenters. The number of carbonyl (C=O) groups excluding carboxylic acids is 2. The van der Waals surface area contributed by atoms with Gasteiger partial charge in [-0.2, -0.15) is 5.10 Å². The predicted octanol–water partition coefficient (Wildman–Crippen LogP) is 2.69. The lowest BCUT2D eigenvalue weighted by Crippen LogP contribution is -2.30. The fourth-order valence-electron chi connectivity index (χ4n) is 2.51. The average Bonchev–Trinajstić information content (AvgIpc) is 2.66. The molecule has 1 aromatic heterocycles. The summed E-state index contributed by atoms with van der Waals surface area (Å²) in [6.07, 6.45) is -1.17. The Balaban J connectivity index is 1.65. The number of amides is 1. The standard InChI is InChI=1S/C19H16ClN3O4/c1-11(18(25)21-13-8-6-12(20)7-9-13)27-17(24)10-16-14-4-2-3-5-15(14)19(26)23-22-16/h2-9,11H,10H2,1H3,(H,21,25)(H,23,26)/t11-/m0/s1. The molecule has 0 aliphatic rings. The van der Waals surface area contributed by atoms with E-state index in [1.807, 2.05) is 0 Å². The van der Waals surface area contributed by atoms with Crippen molar-refractivity contribution in [3.8, 4) is 0 Å². The maximum absolute atomic E-state index is 12.2. The number of esters is 1. The second-order valence-corrected chi connectivity index (χ2v) is 6.29. The number of ether oxygens (including phenoxy) is 1. The summed E-state index contributed by atoms with van der Waals surface area (Å²) in [5.74, 6) is -1.09. The Labute approximate surface area is 159 Å². The molecule has 0 radical (unpaired) electrons. The zero-order valence-corrected chi connectivity index (χ0v) is 15.1. The lowest BCUT2D eigenvalue weighted by atomic mass is 10.1. The van der Waals surface area contributed by atoms with Crippen LogP contribution >= 0.6 is 11.6 Å². The summed E-state index contributed by atoms with van der Waals surface area (Å²) in [5, 5.41) is 10.5. The molecule has 138 valence electrons. The molecule has 8 heteroatoms. The van der Waals surface area contributed by atoms with Gasteiger partial charge in [0.2, 0.25) is 0 Å². The number of nitrogens with zero attached hydrogens (tertiary/aromatic N) is 1. The van der Waals surface area contributed by atoms with E-state index in [0.717, 1.165) is 0 Å². The van der Waals surface area contributed by atoms with Gasteiger partial charge in [0.05, 0.1) is 17.5 Å². The highest BCUT2D eigenvalue weighted by Crippen LogP contribution is 2.15. The number of rotatable bonds is 5. The van der Waals surface area contributed by atoms with Crippen LogP contribution in [0.1, 0.15) is 12.6 Å². The van der Waals surface area contributed by atoms with E-state index in [1.165, 1.54) is 6.92 Å². The first-order valence-electron chi connectivity index (χ1n) is 8.16. The highest BCUT2D eigenvalue weighted by molar-refractivity contribution is 6.30. The minimum absolute atomic E-state index is 0.171. The minimum atomic E-state index is -0.998. The van der Waals surface area contributed by atoms with Gasteiger partial charge in [-0.1, -0.05) is 29.8 Å². The van der Waals surface area contributed by atoms with E-state index in [9.17, 15) is 14.4 Å². The van der Waals surface area contributed by atoms with Crippen molar-refractivity contribution in [2.24, 2.45) is 0 Å². The fourth-order valence-corrected chi connectivity index (χ4v) is 2.64. The van der Waals surface area contributed by atoms with Gasteiger partial charge in [0.1, 0.15) is 0 Å². The maximum atomic E-state index is 12.2. The van der Waals surface area contributed by atoms with Crippen molar-refractivity contribution in [1.29, 1.82) is 0 Å². The van der Waals surface area contributed by atoms with E-state index in [-0.39, 0.29) is 12.0 Å². The van der Waals surface area contributed by atoms with Gasteiger partial charge in [-0.15, -0.1) is 0 Å². The van der Waals surface area contributed by atoms with Crippen molar-refractivity contribution in [3.63, 3.8) is 0 Å². The Hall–Kier alpha value is -3.19. The van der Waals surface area contributed by atoms with Crippen molar-refractivity contribution in [2.45, 2.75) is 19.4 Å². The van der Waals surface area contributed by atoms with Crippen LogP contribution in [-0.4, -0.2) is 28.2 Å². The number of nitrogens with one attached hydrogen (secondary N) is 2. The van der Waals surface area contributed by atoms with Crippen LogP contribution < -0.4 is 10.9 Å². The molecule has 3 rings (SSSR count). The van der Waals surface area contributed by atoms with Gasteiger partial charge in [-0.3, -0.25) is 14.4 Å². The topological polar surface area (TPSA) is 101 Å². The quantitative estimate of drug-likeness (QED) is 0.657. The van der Waals surface area contributed by atoms with Gasteiger partial charge < -0.3 is 10.1 Å². The van der Waals surface area contributed by atoms with Crippen LogP contribution in [0, 0.1) is 0 Å². The second-order valence-electron chi connectivity index (χ2n) is 5.85. The molecular formula is C19H16ClN3O4. The highest BCUT2D eigenvalue weighted by Gasteiger charge is 2.19. The smallest absolute Gasteiger partial charge is 0.312 e. The first-order chi connectivity index (χ1) is 12.9. The van der Waals surface area contributed by atoms with Gasteiger partial charge in [0.25, 0.3) is 11.5 Å². The van der Waals surface area contributed by atoms with Crippen molar-refractivity contribution >= 4 is 39.9 Å². The SMILES string of the molecule is C[C@H](OC(=O)Cc1n[nH]c(=O)c2ccccc12)C(=O)Nc1ccc(Cl)cc1. The van der Waals surface area contributed by atoms with Gasteiger partial charge in [0, 0.05) is 16.1 Å². The monoisotopic (exact) mass is 385 g/mol. The Kier molecular flexibility index (Phi) is 5.52. The Morgan fingerprint density at radius 1 is 1.15 bits per heavy atom. The molecule has 0 aliphatic carbocycles. The number of fused-ring (bicyclic) bond motifs is 1. The third-order valence-corrected chi connectivity index (χ3v) is 4.13. The van der Waals surface area contributed by atoms with Gasteiger partial charge in [-0.25, -0.2) is 5.10 Å². The number of benzene rings is 2. The highest BCUT2D eigenvalue weighted by atomic mass is 35.5. The lowest BCUT2D eigenvalue weighted by molar-refractivity contribution is -0.152. The van der Waals surface area contributed by atoms with E-state index >= 15 is 0 Å². The van der Waals surface area contributed by atoms with Crippen LogP contribution in [0.5, 0.6) is 0 Å². The number of halogens is 1. The molecule has 27 heavy (non-hydrogen) atoms. The molecule has 0 fully saturated rings. The molecule has 1 atom stereocenters. The van der Waals surface area contributed by atoms with E-state index in [4.69, 9.17) is 16.3 Å². The maximum Gasteiger partial charge on any atom is 0.312 e. The summed E-state index contributed by atoms with van der Waals surface area (Å²) < 4.78 is 5.18. The fraction of sp³-hybridized carbons (Fsp3) is 0.158. The minimum Gasteiger partial charge on any atom is -0.452 e. The molecule has 0 spiro atoms. The third-order valence-electron chi connectivity index (χ3n) is 3.88. The van der Waals surface area contributed by atoms with Crippen LogP contribution in [-0.2, 0) is 20.7 Å². The van der Waals surface area contributed by atoms with Gasteiger partial charge in [0.15, 0.2) is 6.10 Å². The largest absolute Gasteiger partial charge is 0.452 e. The van der Waals surface area contributed by atoms with Gasteiger partial charge >= 0.3 is 5.97 Å². The molecule has 7 nitrogen and oxygen atoms in total. The van der Waals surface area contributed by atoms with E-state index in [2.05, 4.69) is 15.5 Å². The molecular weight excluding hydrogens is 370 g/mol. The normalized spacial score (nSPS) is 11.8. The number of anilines is 1. The molecule has 0 aliphatic heterocycles. The van der Waals surface area contributed by atoms with Crippen molar-refractivity contribution in [2.75, 3.05) is 5.32 Å². The van der Waals surface area contributed by atoms with Crippen molar-refractivity contribution in [3.05, 3.63) is 69.6 Å². The summed E-state index contributed by atoms with van der Waals surface area (Å²) in [6.45, 7) is 1.47. The van der Waals surface area contributed by atoms with Crippen LogP contribution in [0.25, 0.3) is 10.8 Å². The predicted molar refractivity (Wildman–Crippen MR) is 102 cm³/mol. The molecule has 3 aromatic rings. The molecule has 2 aromatic carbocycles. The second kappa shape index (κ2) is 8.01. The number of hydrogen-bond donors (Lipinski definition) is 2. The summed E-state index contributed by atoms with van der Waals surface area (Å²) in [4.78, 5) is 36.1. The molecule has 1 amide bonds. The summed E-state index contributed by atoms with van der Waals surface area (Å²) >= 11 is 5.80. The first-order valence-corrected chi connectivity index (χ1v) is 8.54. The van der Waals surface area contributed by atoms with Crippen LogP contribution in [0.4, 0.5) is 5.69 Å². The van der Waals surface area contributed by atoms with E-state index in [0.29, 0.717) is 27.2 Å². The van der Waals surface area contributed by atoms with Gasteiger partial charge in [-0.05, 0) is 37.3 Å². The Bertz CT molecular complexity index is 1050. The third kappa shape index (κ3) is 4.51. The first kappa shape index (κ1) is 18.6. The number of H-pyrrole nitrogens is 1. The summed E-state index contributed by atoms with van der Waals surface area (Å²) in [6, 6.07) is 13.4. The Morgan fingerprint density at radius 3 is 2.52 bits per heavy atom. The number of carbonyl (C=O) groups is 2. The number of hydrogen-bond acceptors (Lipinski definition) is 5. The molecule has 2 N–H and O–H groups in total. The molecule has 0 saturated carbocycles. The number of aromatic nitrogens is 2. The van der Waals surface area contributed by atoms with E-state index in [1.54, 1.807) is 48.5 Å². The summed E-state index contributed by atoms with van der Waals surface area (Å²) in [7, 11) is 0. The average molecular weight is 386 g/mol. The Morgan fingerprint density at radius 2 is 1.81 bits per heavy atom. The molecule has 0 bridgehead atoms. The molecule has 0 saturated heterocycles. The van der Waals surface area contributed by atoms with Crippen LogP contribution in [0.15, 0.2) is 53.3 Å². The zero-order chi connectivity index (χ0) is 19.4. The lowest BCUT2D eigenvalue weighted by Gasteiger charge is -2.13. The number of aromatic amines is 1. The van der Waals surface area contributed by atoms with Crippen LogP contribution in [0.2, 0.25) is 5.02 Å². The van der Waals surface area contributed by atoms with E-state index < -0.39 is 18.0 Å². The van der Waals surface area contributed by atoms with Crippen molar-refractivity contribution in [1.82, 2.24) is 10.2 Å². The molecule has 1 heterocycles. The van der Waals surface area contributed by atoms with Crippen molar-refractivity contribution < 1.29 is 14.3 Å². The zero-order valence-electron chi connectivity index (χ0n) is 14.4. The van der Waals surface area contributed by atoms with Crippen LogP contribution in [0.3, 0.4) is 0 Å². The summed E-state index contributed by atoms with van der Waals surface area (Å²) in [5.41, 5.74) is 0.583.